The molecule has 0 spiro atoms. The average Bonchev–Trinajstić information content (AvgIpc) is 2.93. The van der Waals surface area contributed by atoms with Crippen LogP contribution in [0.3, 0.4) is 0 Å². The van der Waals surface area contributed by atoms with E-state index in [9.17, 15) is 24.3 Å². The van der Waals surface area contributed by atoms with Crippen LogP contribution in [0.1, 0.15) is 71.4 Å². The largest absolute Gasteiger partial charge is 0.508 e. The van der Waals surface area contributed by atoms with E-state index >= 15 is 0 Å². The Morgan fingerprint density at radius 2 is 1.67 bits per heavy atom. The predicted molar refractivity (Wildman–Crippen MR) is 166 cm³/mol. The smallest absolute Gasteiger partial charge is 0.408 e. The molecule has 5 N–H and O–H groups in total. The van der Waals surface area contributed by atoms with Crippen molar-refractivity contribution in [3.05, 3.63) is 72.3 Å². The van der Waals surface area contributed by atoms with Crippen molar-refractivity contribution in [2.45, 2.75) is 77.5 Å². The van der Waals surface area contributed by atoms with Gasteiger partial charge in [0.1, 0.15) is 23.4 Å². The van der Waals surface area contributed by atoms with Crippen LogP contribution in [0.2, 0.25) is 0 Å². The van der Waals surface area contributed by atoms with Gasteiger partial charge in [0.15, 0.2) is 0 Å². The number of benzene rings is 3. The molecule has 2 atom stereocenters. The van der Waals surface area contributed by atoms with Gasteiger partial charge in [-0.1, -0.05) is 62.2 Å². The number of aromatic hydroxyl groups is 1. The Morgan fingerprint density at radius 1 is 0.953 bits per heavy atom. The van der Waals surface area contributed by atoms with Gasteiger partial charge in [0.05, 0.1) is 0 Å². The summed E-state index contributed by atoms with van der Waals surface area (Å²) in [6.45, 7) is 7.28. The summed E-state index contributed by atoms with van der Waals surface area (Å²) in [4.78, 5) is 54.1. The second kappa shape index (κ2) is 15.0. The quantitative estimate of drug-likeness (QED) is 0.196. The number of unbranched alkanes of at least 4 members (excludes halogenated alkanes) is 2. The van der Waals surface area contributed by atoms with Gasteiger partial charge in [-0.15, -0.1) is 0 Å². The molecule has 10 heteroatoms. The molecule has 0 aliphatic heterocycles. The number of anilines is 1. The molecule has 0 bridgehead atoms. The standard InChI is InChI=1S/C33H42N4O6/c1-5-6-9-19-37(31(41)27(17-18-28(34)39)36-32(42)43-33(2,3)4)29(24-13-10-14-26(38)21-24)30(40)35-25-16-15-22-11-7-8-12-23(22)20-25/h7-8,10-16,20-21,27,29,38H,5-6,9,17-19H2,1-4H3,(H2,34,39)(H,35,40)(H,36,42). The minimum atomic E-state index is -1.20. The van der Waals surface area contributed by atoms with Gasteiger partial charge in [-0.25, -0.2) is 4.79 Å². The van der Waals surface area contributed by atoms with Crippen LogP contribution < -0.4 is 16.4 Å². The molecule has 3 aromatic rings. The second-order valence-corrected chi connectivity index (χ2v) is 11.5. The minimum absolute atomic E-state index is 0.0703. The molecule has 0 fully saturated rings. The molecule has 230 valence electrons. The third-order valence-corrected chi connectivity index (χ3v) is 6.72. The van der Waals surface area contributed by atoms with Gasteiger partial charge in [-0.3, -0.25) is 14.4 Å². The number of carbonyl (C=O) groups excluding carboxylic acids is 4. The van der Waals surface area contributed by atoms with Gasteiger partial charge in [-0.2, -0.15) is 0 Å². The highest BCUT2D eigenvalue weighted by Gasteiger charge is 2.36. The molecule has 3 rings (SSSR count). The number of primary amides is 1. The lowest BCUT2D eigenvalue weighted by molar-refractivity contribution is -0.141. The molecule has 3 aromatic carbocycles. The molecule has 10 nitrogen and oxygen atoms in total. The maximum atomic E-state index is 14.2. The normalized spacial score (nSPS) is 12.7. The zero-order valence-corrected chi connectivity index (χ0v) is 25.3. The molecule has 0 aromatic heterocycles. The van der Waals surface area contributed by atoms with Crippen molar-refractivity contribution in [2.24, 2.45) is 5.73 Å². The summed E-state index contributed by atoms with van der Waals surface area (Å²) in [5, 5.41) is 17.8. The van der Waals surface area contributed by atoms with Crippen molar-refractivity contribution in [3.8, 4) is 5.75 Å². The lowest BCUT2D eigenvalue weighted by atomic mass is 10.0. The Hall–Kier alpha value is -4.60. The summed E-state index contributed by atoms with van der Waals surface area (Å²) >= 11 is 0. The molecule has 2 unspecified atom stereocenters. The fourth-order valence-electron chi connectivity index (χ4n) is 4.74. The molecule has 0 saturated carbocycles. The number of hydrogen-bond donors (Lipinski definition) is 4. The number of alkyl carbamates (subject to hydrolysis) is 1. The summed E-state index contributed by atoms with van der Waals surface area (Å²) < 4.78 is 5.38. The van der Waals surface area contributed by atoms with Crippen molar-refractivity contribution in [3.63, 3.8) is 0 Å². The van der Waals surface area contributed by atoms with E-state index < -0.39 is 41.5 Å². The van der Waals surface area contributed by atoms with E-state index in [1.807, 2.05) is 43.3 Å². The number of carbonyl (C=O) groups is 4. The van der Waals surface area contributed by atoms with Gasteiger partial charge in [-0.05, 0) is 74.2 Å². The van der Waals surface area contributed by atoms with Crippen LogP contribution in [-0.4, -0.2) is 52.0 Å². The van der Waals surface area contributed by atoms with Gasteiger partial charge >= 0.3 is 6.09 Å². The highest BCUT2D eigenvalue weighted by molar-refractivity contribution is 6.00. The SMILES string of the molecule is CCCCCN(C(=O)C(CCC(N)=O)NC(=O)OC(C)(C)C)C(C(=O)Nc1ccc2ccccc2c1)c1cccc(O)c1. The van der Waals surface area contributed by atoms with Gasteiger partial charge in [0.2, 0.25) is 11.8 Å². The first-order valence-electron chi connectivity index (χ1n) is 14.5. The van der Waals surface area contributed by atoms with Crippen LogP contribution in [-0.2, 0) is 19.1 Å². The zero-order valence-electron chi connectivity index (χ0n) is 25.3. The fraction of sp³-hybridized carbons (Fsp3) is 0.394. The summed E-state index contributed by atoms with van der Waals surface area (Å²) in [5.41, 5.74) is 5.48. The number of rotatable bonds is 13. The lowest BCUT2D eigenvalue weighted by Gasteiger charge is -2.34. The van der Waals surface area contributed by atoms with E-state index in [4.69, 9.17) is 10.5 Å². The number of amides is 4. The monoisotopic (exact) mass is 590 g/mol. The predicted octanol–water partition coefficient (Wildman–Crippen LogP) is 5.40. The average molecular weight is 591 g/mol. The minimum Gasteiger partial charge on any atom is -0.508 e. The van der Waals surface area contributed by atoms with Crippen LogP contribution in [0.15, 0.2) is 66.7 Å². The third-order valence-electron chi connectivity index (χ3n) is 6.72. The lowest BCUT2D eigenvalue weighted by Crippen LogP contribution is -2.52. The van der Waals surface area contributed by atoms with Gasteiger partial charge in [0, 0.05) is 18.7 Å². The molecule has 0 saturated heterocycles. The summed E-state index contributed by atoms with van der Waals surface area (Å²) in [6, 6.07) is 17.1. The van der Waals surface area contributed by atoms with E-state index in [-0.39, 0.29) is 25.1 Å². The highest BCUT2D eigenvalue weighted by Crippen LogP contribution is 2.29. The number of phenolic OH excluding ortho intramolecular Hbond substituents is 1. The molecular weight excluding hydrogens is 548 g/mol. The number of phenols is 1. The molecule has 43 heavy (non-hydrogen) atoms. The first-order chi connectivity index (χ1) is 20.4. The van der Waals surface area contributed by atoms with E-state index in [2.05, 4.69) is 10.6 Å². The first-order valence-corrected chi connectivity index (χ1v) is 14.5. The number of ether oxygens (including phenoxy) is 1. The van der Waals surface area contributed by atoms with E-state index in [0.717, 1.165) is 23.6 Å². The molecule has 0 heterocycles. The number of hydrogen-bond acceptors (Lipinski definition) is 6. The summed E-state index contributed by atoms with van der Waals surface area (Å²) in [7, 11) is 0. The van der Waals surface area contributed by atoms with E-state index in [1.165, 1.54) is 17.0 Å². The van der Waals surface area contributed by atoms with Crippen molar-refractivity contribution in [1.29, 1.82) is 0 Å². The molecule has 0 aliphatic carbocycles. The molecule has 0 aliphatic rings. The first kappa shape index (κ1) is 32.9. The second-order valence-electron chi connectivity index (χ2n) is 11.5. The Bertz CT molecular complexity index is 1430. The fourth-order valence-corrected chi connectivity index (χ4v) is 4.74. The molecule has 0 radical (unpaired) electrons. The highest BCUT2D eigenvalue weighted by atomic mass is 16.6. The number of nitrogens with one attached hydrogen (secondary N) is 2. The Kier molecular flexibility index (Phi) is 11.5. The Morgan fingerprint density at radius 3 is 2.33 bits per heavy atom. The van der Waals surface area contributed by atoms with Crippen molar-refractivity contribution in [2.75, 3.05) is 11.9 Å². The van der Waals surface area contributed by atoms with Gasteiger partial charge in [0.25, 0.3) is 5.91 Å². The van der Waals surface area contributed by atoms with Crippen molar-refractivity contribution < 1.29 is 29.0 Å². The third kappa shape index (κ3) is 10.0. The maximum absolute atomic E-state index is 14.2. The van der Waals surface area contributed by atoms with Crippen LogP contribution in [0.5, 0.6) is 5.75 Å². The summed E-state index contributed by atoms with van der Waals surface area (Å²) in [5.74, 6) is -1.79. The maximum Gasteiger partial charge on any atom is 0.408 e. The number of fused-ring (bicyclic) bond motifs is 1. The van der Waals surface area contributed by atoms with Crippen LogP contribution in [0, 0.1) is 0 Å². The van der Waals surface area contributed by atoms with Crippen molar-refractivity contribution >= 4 is 40.3 Å². The Labute approximate surface area is 252 Å². The summed E-state index contributed by atoms with van der Waals surface area (Å²) in [6.07, 6.45) is 1.14. The zero-order chi connectivity index (χ0) is 31.6. The Balaban J connectivity index is 2.03. The van der Waals surface area contributed by atoms with Crippen molar-refractivity contribution in [1.82, 2.24) is 10.2 Å². The molecular formula is C33H42N4O6. The van der Waals surface area contributed by atoms with E-state index in [0.29, 0.717) is 17.7 Å². The number of nitrogens with zero attached hydrogens (tertiary/aromatic N) is 1. The van der Waals surface area contributed by atoms with Gasteiger partial charge < -0.3 is 31.1 Å². The number of nitrogens with two attached hydrogens (primary N) is 1. The van der Waals surface area contributed by atoms with Crippen LogP contribution in [0.25, 0.3) is 10.8 Å². The van der Waals surface area contributed by atoms with E-state index in [1.54, 1.807) is 39.0 Å². The van der Waals surface area contributed by atoms with Crippen LogP contribution in [0.4, 0.5) is 10.5 Å². The topological polar surface area (TPSA) is 151 Å². The van der Waals surface area contributed by atoms with Crippen LogP contribution >= 0.6 is 0 Å². The molecule has 4 amide bonds.